The van der Waals surface area contributed by atoms with Crippen LogP contribution in [0.25, 0.3) is 11.3 Å². The summed E-state index contributed by atoms with van der Waals surface area (Å²) in [5.74, 6) is -0.277. The molecule has 1 N–H and O–H groups in total. The first-order chi connectivity index (χ1) is 20.8. The molecule has 0 bridgehead atoms. The predicted octanol–water partition coefficient (Wildman–Crippen LogP) is 4.56. The fourth-order valence-electron chi connectivity index (χ4n) is 5.41. The molecular formula is C32H31FN6O4. The molecule has 0 aliphatic carbocycles. The minimum absolute atomic E-state index is 0.0569. The second-order valence-corrected chi connectivity index (χ2v) is 10.5. The molecule has 2 saturated heterocycles. The number of nitrogens with one attached hydrogen (secondary N) is 1. The van der Waals surface area contributed by atoms with Crippen molar-refractivity contribution in [3.8, 4) is 11.3 Å². The monoisotopic (exact) mass is 582 g/mol. The molecule has 3 heterocycles. The normalized spacial score (nSPS) is 15.2. The number of benzene rings is 3. The van der Waals surface area contributed by atoms with Crippen LogP contribution in [0.1, 0.15) is 15.9 Å². The van der Waals surface area contributed by atoms with E-state index in [1.807, 2.05) is 25.1 Å². The fourth-order valence-corrected chi connectivity index (χ4v) is 5.41. The van der Waals surface area contributed by atoms with Gasteiger partial charge in [-0.1, -0.05) is 12.1 Å². The van der Waals surface area contributed by atoms with Crippen LogP contribution in [-0.2, 0) is 11.8 Å². The van der Waals surface area contributed by atoms with Crippen molar-refractivity contribution in [2.75, 3.05) is 54.5 Å². The molecule has 6 rings (SSSR count). The quantitative estimate of drug-likeness (QED) is 0.358. The van der Waals surface area contributed by atoms with Gasteiger partial charge in [-0.3, -0.25) is 19.4 Å². The number of hydrogen-bond acceptors (Lipinski definition) is 6. The zero-order valence-electron chi connectivity index (χ0n) is 23.9. The highest BCUT2D eigenvalue weighted by Crippen LogP contribution is 2.33. The van der Waals surface area contributed by atoms with E-state index in [4.69, 9.17) is 4.74 Å². The predicted molar refractivity (Wildman–Crippen MR) is 163 cm³/mol. The standard InChI is InChI=1S/C32H31FN6O4/c1-21-26(4-3-5-28(21)39-15-14-38(32(39)42)25-12-8-23(33)9-13-25)27-20-36(2)31(41)29(35-27)34-24-10-6-22(7-11-24)30(40)37-16-18-43-19-17-37/h3-13,20H,14-19H2,1-2H3,(H,34,35). The van der Waals surface area contributed by atoms with Gasteiger partial charge in [0.2, 0.25) is 0 Å². The van der Waals surface area contributed by atoms with Gasteiger partial charge in [0, 0.05) is 67.6 Å². The minimum atomic E-state index is -0.356. The number of aryl methyl sites for hydroxylation is 1. The molecule has 43 heavy (non-hydrogen) atoms. The summed E-state index contributed by atoms with van der Waals surface area (Å²) in [5, 5.41) is 3.11. The number of halogens is 1. The number of carbonyl (C=O) groups is 2. The van der Waals surface area contributed by atoms with Crippen molar-refractivity contribution < 1.29 is 18.7 Å². The van der Waals surface area contributed by atoms with Crippen LogP contribution in [0.2, 0.25) is 0 Å². The number of morpholine rings is 1. The maximum absolute atomic E-state index is 13.4. The largest absolute Gasteiger partial charge is 0.378 e. The van der Waals surface area contributed by atoms with Crippen LogP contribution in [0.5, 0.6) is 0 Å². The molecule has 0 atom stereocenters. The van der Waals surface area contributed by atoms with E-state index >= 15 is 0 Å². The second-order valence-electron chi connectivity index (χ2n) is 10.5. The maximum atomic E-state index is 13.4. The van der Waals surface area contributed by atoms with Gasteiger partial charge in [0.05, 0.1) is 18.9 Å². The highest BCUT2D eigenvalue weighted by atomic mass is 19.1. The lowest BCUT2D eigenvalue weighted by atomic mass is 10.0. The van der Waals surface area contributed by atoms with E-state index in [0.717, 1.165) is 16.8 Å². The topological polar surface area (TPSA) is 100 Å². The summed E-state index contributed by atoms with van der Waals surface area (Å²) in [4.78, 5) is 48.9. The van der Waals surface area contributed by atoms with Crippen molar-refractivity contribution in [3.05, 3.63) is 100 Å². The van der Waals surface area contributed by atoms with Crippen LogP contribution >= 0.6 is 0 Å². The van der Waals surface area contributed by atoms with E-state index in [1.165, 1.54) is 16.7 Å². The van der Waals surface area contributed by atoms with E-state index < -0.39 is 0 Å². The Kier molecular flexibility index (Phi) is 7.64. The van der Waals surface area contributed by atoms with Crippen molar-refractivity contribution in [1.29, 1.82) is 0 Å². The van der Waals surface area contributed by atoms with Crippen molar-refractivity contribution in [2.45, 2.75) is 6.92 Å². The van der Waals surface area contributed by atoms with Gasteiger partial charge in [-0.15, -0.1) is 0 Å². The highest BCUT2D eigenvalue weighted by Gasteiger charge is 2.32. The highest BCUT2D eigenvalue weighted by molar-refractivity contribution is 6.07. The Hall–Kier alpha value is -5.03. The first kappa shape index (κ1) is 28.1. The molecule has 11 heteroatoms. The van der Waals surface area contributed by atoms with Gasteiger partial charge in [0.25, 0.3) is 11.5 Å². The van der Waals surface area contributed by atoms with E-state index in [0.29, 0.717) is 62.0 Å². The van der Waals surface area contributed by atoms with Gasteiger partial charge >= 0.3 is 6.03 Å². The number of carbonyl (C=O) groups excluding carboxylic acids is 2. The van der Waals surface area contributed by atoms with Crippen LogP contribution in [0, 0.1) is 12.7 Å². The first-order valence-electron chi connectivity index (χ1n) is 14.1. The lowest BCUT2D eigenvalue weighted by Gasteiger charge is -2.26. The minimum Gasteiger partial charge on any atom is -0.378 e. The SMILES string of the molecule is Cc1c(-c2cn(C)c(=O)c(Nc3ccc(C(=O)N4CCOCC4)cc3)n2)cccc1N1CCN(c2ccc(F)cc2)C1=O. The Morgan fingerprint density at radius 1 is 0.907 bits per heavy atom. The summed E-state index contributed by atoms with van der Waals surface area (Å²) in [7, 11) is 1.66. The molecule has 3 aromatic carbocycles. The molecule has 3 amide bonds. The number of ether oxygens (including phenoxy) is 1. The zero-order valence-corrected chi connectivity index (χ0v) is 23.9. The third-order valence-corrected chi connectivity index (χ3v) is 7.78. The lowest BCUT2D eigenvalue weighted by Crippen LogP contribution is -2.40. The molecule has 0 radical (unpaired) electrons. The molecule has 4 aromatic rings. The molecule has 1 aromatic heterocycles. The Bertz CT molecular complexity index is 1730. The lowest BCUT2D eigenvalue weighted by molar-refractivity contribution is 0.0303. The van der Waals surface area contributed by atoms with E-state index in [1.54, 1.807) is 64.3 Å². The van der Waals surface area contributed by atoms with Gasteiger partial charge in [0.15, 0.2) is 5.82 Å². The Balaban J connectivity index is 1.24. The summed E-state index contributed by atoms with van der Waals surface area (Å²) >= 11 is 0. The number of hydrogen-bond donors (Lipinski definition) is 1. The fraction of sp³-hybridized carbons (Fsp3) is 0.250. The van der Waals surface area contributed by atoms with Crippen LogP contribution in [-0.4, -0.2) is 65.8 Å². The average Bonchev–Trinajstić information content (AvgIpc) is 3.41. The van der Waals surface area contributed by atoms with Crippen molar-refractivity contribution in [2.24, 2.45) is 7.05 Å². The third kappa shape index (κ3) is 5.59. The van der Waals surface area contributed by atoms with Crippen LogP contribution in [0.3, 0.4) is 0 Å². The molecule has 10 nitrogen and oxygen atoms in total. The molecule has 220 valence electrons. The number of aromatic nitrogens is 2. The smallest absolute Gasteiger partial charge is 0.329 e. The van der Waals surface area contributed by atoms with Crippen molar-refractivity contribution >= 4 is 34.8 Å². The van der Waals surface area contributed by atoms with Gasteiger partial charge < -0.3 is 19.5 Å². The maximum Gasteiger partial charge on any atom is 0.329 e. The summed E-state index contributed by atoms with van der Waals surface area (Å²) < 4.78 is 20.2. The van der Waals surface area contributed by atoms with Gasteiger partial charge in [-0.2, -0.15) is 0 Å². The Morgan fingerprint density at radius 2 is 1.60 bits per heavy atom. The number of amides is 3. The number of nitrogens with zero attached hydrogens (tertiary/aromatic N) is 5. The molecule has 2 aliphatic heterocycles. The zero-order chi connectivity index (χ0) is 30.1. The van der Waals surface area contributed by atoms with Crippen molar-refractivity contribution in [3.63, 3.8) is 0 Å². The van der Waals surface area contributed by atoms with Gasteiger partial charge in [-0.05, 0) is 67.1 Å². The van der Waals surface area contributed by atoms with E-state index in [-0.39, 0.29) is 29.1 Å². The molecule has 0 saturated carbocycles. The average molecular weight is 583 g/mol. The molecular weight excluding hydrogens is 551 g/mol. The third-order valence-electron chi connectivity index (χ3n) is 7.78. The second kappa shape index (κ2) is 11.7. The van der Waals surface area contributed by atoms with Gasteiger partial charge in [-0.25, -0.2) is 14.2 Å². The molecule has 2 fully saturated rings. The number of anilines is 4. The van der Waals surface area contributed by atoms with Crippen LogP contribution < -0.4 is 20.7 Å². The molecule has 0 unspecified atom stereocenters. The van der Waals surface area contributed by atoms with E-state index in [2.05, 4.69) is 10.3 Å². The summed E-state index contributed by atoms with van der Waals surface area (Å²) in [5.41, 5.74) is 4.41. The number of urea groups is 1. The summed E-state index contributed by atoms with van der Waals surface area (Å²) in [6.07, 6.45) is 1.67. The summed E-state index contributed by atoms with van der Waals surface area (Å²) in [6.45, 7) is 5.04. The van der Waals surface area contributed by atoms with Gasteiger partial charge in [0.1, 0.15) is 5.82 Å². The van der Waals surface area contributed by atoms with Crippen molar-refractivity contribution in [1.82, 2.24) is 14.5 Å². The first-order valence-corrected chi connectivity index (χ1v) is 14.1. The Labute approximate surface area is 247 Å². The number of rotatable bonds is 6. The molecule has 0 spiro atoms. The summed E-state index contributed by atoms with van der Waals surface area (Å²) in [6, 6.07) is 18.3. The Morgan fingerprint density at radius 3 is 2.33 bits per heavy atom. The van der Waals surface area contributed by atoms with Crippen LogP contribution in [0.15, 0.2) is 77.7 Å². The molecule has 2 aliphatic rings. The van der Waals surface area contributed by atoms with Crippen LogP contribution in [0.4, 0.5) is 32.1 Å². The van der Waals surface area contributed by atoms with E-state index in [9.17, 15) is 18.8 Å².